The number of benzene rings is 2. The van der Waals surface area contributed by atoms with Gasteiger partial charge in [0.1, 0.15) is 11.6 Å². The molecular weight excluding hydrogens is 287 g/mol. The lowest BCUT2D eigenvalue weighted by molar-refractivity contribution is -0.120. The number of rotatable bonds is 5. The second-order valence-electron chi connectivity index (χ2n) is 7.10. The van der Waals surface area contributed by atoms with Crippen LogP contribution in [0.15, 0.2) is 48.5 Å². The fourth-order valence-corrected chi connectivity index (χ4v) is 3.92. The molecule has 0 heterocycles. The molecule has 1 aliphatic carbocycles. The van der Waals surface area contributed by atoms with Crippen molar-refractivity contribution in [1.82, 2.24) is 0 Å². The number of hydrogen-bond donors (Lipinski definition) is 0. The van der Waals surface area contributed by atoms with Crippen LogP contribution in [-0.2, 0) is 17.6 Å². The van der Waals surface area contributed by atoms with Crippen molar-refractivity contribution >= 4 is 5.78 Å². The lowest BCUT2D eigenvalue weighted by atomic mass is 9.96. The molecule has 0 aromatic heterocycles. The lowest BCUT2D eigenvalue weighted by Crippen LogP contribution is -2.11. The van der Waals surface area contributed by atoms with Crippen molar-refractivity contribution in [3.63, 3.8) is 0 Å². The monoisotopic (exact) mass is 310 g/mol. The van der Waals surface area contributed by atoms with Crippen molar-refractivity contribution in [2.24, 2.45) is 11.3 Å². The van der Waals surface area contributed by atoms with E-state index in [0.717, 1.165) is 17.5 Å². The van der Waals surface area contributed by atoms with Crippen LogP contribution in [-0.4, -0.2) is 5.78 Å². The first-order valence-electron chi connectivity index (χ1n) is 8.30. The summed E-state index contributed by atoms with van der Waals surface area (Å²) in [6, 6.07) is 15.0. The Morgan fingerprint density at radius 2 is 1.78 bits per heavy atom. The first kappa shape index (κ1) is 15.9. The lowest BCUT2D eigenvalue weighted by Gasteiger charge is -2.08. The Kier molecular flexibility index (Phi) is 4.09. The van der Waals surface area contributed by atoms with E-state index in [9.17, 15) is 9.18 Å². The van der Waals surface area contributed by atoms with Gasteiger partial charge in [-0.2, -0.15) is 0 Å². The second-order valence-corrected chi connectivity index (χ2v) is 7.10. The molecule has 2 atom stereocenters. The van der Waals surface area contributed by atoms with Crippen molar-refractivity contribution in [2.75, 3.05) is 0 Å². The third-order valence-corrected chi connectivity index (χ3v) is 5.25. The van der Waals surface area contributed by atoms with E-state index in [2.05, 4.69) is 26.0 Å². The van der Waals surface area contributed by atoms with E-state index in [0.29, 0.717) is 6.42 Å². The molecule has 2 heteroatoms. The fourth-order valence-electron chi connectivity index (χ4n) is 3.92. The quantitative estimate of drug-likeness (QED) is 0.764. The van der Waals surface area contributed by atoms with Crippen molar-refractivity contribution in [2.45, 2.75) is 39.5 Å². The molecule has 0 spiro atoms. The van der Waals surface area contributed by atoms with Gasteiger partial charge in [0.05, 0.1) is 0 Å². The summed E-state index contributed by atoms with van der Waals surface area (Å²) in [6.45, 7) is 6.34. The van der Waals surface area contributed by atoms with E-state index in [1.54, 1.807) is 6.07 Å². The maximum atomic E-state index is 13.5. The highest BCUT2D eigenvalue weighted by Gasteiger charge is 2.61. The summed E-state index contributed by atoms with van der Waals surface area (Å²) in [5.74, 6) is 0.261. The molecule has 0 amide bonds. The highest BCUT2D eigenvalue weighted by Crippen LogP contribution is 2.64. The number of aryl methyl sites for hydroxylation is 1. The molecule has 1 aliphatic rings. The Labute approximate surface area is 137 Å². The molecule has 0 unspecified atom stereocenters. The van der Waals surface area contributed by atoms with E-state index in [-0.39, 0.29) is 28.9 Å². The smallest absolute Gasteiger partial charge is 0.141 e. The third-order valence-electron chi connectivity index (χ3n) is 5.25. The normalized spacial score (nSPS) is 21.9. The third kappa shape index (κ3) is 2.95. The van der Waals surface area contributed by atoms with Gasteiger partial charge in [-0.05, 0) is 46.6 Å². The van der Waals surface area contributed by atoms with Crippen LogP contribution in [0.1, 0.15) is 43.4 Å². The summed E-state index contributed by atoms with van der Waals surface area (Å²) < 4.78 is 13.5. The number of carbonyl (C=O) groups is 1. The number of halogens is 1. The Hall–Kier alpha value is -1.96. The Morgan fingerprint density at radius 3 is 2.43 bits per heavy atom. The van der Waals surface area contributed by atoms with E-state index >= 15 is 0 Å². The Morgan fingerprint density at radius 1 is 1.09 bits per heavy atom. The minimum atomic E-state index is -0.264. The molecule has 1 fully saturated rings. The average Bonchev–Trinajstić information content (AvgIpc) is 3.11. The molecule has 120 valence electrons. The van der Waals surface area contributed by atoms with Gasteiger partial charge in [0, 0.05) is 12.3 Å². The zero-order valence-corrected chi connectivity index (χ0v) is 14.0. The van der Waals surface area contributed by atoms with Crippen LogP contribution in [0.25, 0.3) is 0 Å². The molecule has 0 saturated heterocycles. The molecule has 2 aromatic rings. The summed E-state index contributed by atoms with van der Waals surface area (Å²) in [7, 11) is 0. The van der Waals surface area contributed by atoms with Crippen molar-refractivity contribution in [3.05, 3.63) is 71.0 Å². The minimum absolute atomic E-state index is 0.0157. The molecule has 2 aromatic carbocycles. The minimum Gasteiger partial charge on any atom is -0.299 e. The van der Waals surface area contributed by atoms with Gasteiger partial charge in [0.2, 0.25) is 0 Å². The summed E-state index contributed by atoms with van der Waals surface area (Å²) in [5, 5.41) is 0. The van der Waals surface area contributed by atoms with Crippen LogP contribution in [0.2, 0.25) is 0 Å². The van der Waals surface area contributed by atoms with Crippen LogP contribution >= 0.6 is 0 Å². The second kappa shape index (κ2) is 5.92. The molecular formula is C21H23FO. The average molecular weight is 310 g/mol. The summed E-state index contributed by atoms with van der Waals surface area (Å²) in [4.78, 5) is 12.8. The van der Waals surface area contributed by atoms with Crippen LogP contribution in [0.3, 0.4) is 0 Å². The summed E-state index contributed by atoms with van der Waals surface area (Å²) >= 11 is 0. The first-order chi connectivity index (χ1) is 10.9. The molecule has 3 rings (SSSR count). The van der Waals surface area contributed by atoms with Crippen molar-refractivity contribution < 1.29 is 9.18 Å². The van der Waals surface area contributed by atoms with Gasteiger partial charge >= 0.3 is 0 Å². The zero-order chi connectivity index (χ0) is 16.6. The van der Waals surface area contributed by atoms with E-state index in [1.165, 1.54) is 17.7 Å². The number of hydrogen-bond acceptors (Lipinski definition) is 1. The van der Waals surface area contributed by atoms with Gasteiger partial charge in [0.15, 0.2) is 0 Å². The first-order valence-corrected chi connectivity index (χ1v) is 8.30. The number of ketones is 1. The van der Waals surface area contributed by atoms with E-state index < -0.39 is 0 Å². The van der Waals surface area contributed by atoms with Gasteiger partial charge in [-0.3, -0.25) is 4.79 Å². The van der Waals surface area contributed by atoms with Gasteiger partial charge in [-0.15, -0.1) is 0 Å². The van der Waals surface area contributed by atoms with E-state index in [4.69, 9.17) is 0 Å². The van der Waals surface area contributed by atoms with Gasteiger partial charge < -0.3 is 0 Å². The number of Topliss-reactive ketones (excluding diaryl/α,β-unsaturated/α-hetero) is 1. The van der Waals surface area contributed by atoms with Crippen LogP contribution in [0.4, 0.5) is 4.39 Å². The standard InChI is InChI=1S/C21H23FO/c1-4-14-10-11-17(22)12-16(14)13-18(23)20-19(21(20,2)3)15-8-6-5-7-9-15/h5-12,19-20H,4,13H2,1-3H3/t19-,20-/m0/s1. The molecule has 0 bridgehead atoms. The number of carbonyl (C=O) groups excluding carboxylic acids is 1. The van der Waals surface area contributed by atoms with Crippen LogP contribution in [0, 0.1) is 17.2 Å². The van der Waals surface area contributed by atoms with Crippen molar-refractivity contribution in [1.29, 1.82) is 0 Å². The maximum absolute atomic E-state index is 13.5. The van der Waals surface area contributed by atoms with E-state index in [1.807, 2.05) is 25.1 Å². The van der Waals surface area contributed by atoms with Gasteiger partial charge in [0.25, 0.3) is 0 Å². The van der Waals surface area contributed by atoms with Crippen molar-refractivity contribution in [3.8, 4) is 0 Å². The zero-order valence-electron chi connectivity index (χ0n) is 14.0. The summed E-state index contributed by atoms with van der Waals surface area (Å²) in [6.07, 6.45) is 1.15. The molecule has 23 heavy (non-hydrogen) atoms. The molecule has 0 N–H and O–H groups in total. The highest BCUT2D eigenvalue weighted by molar-refractivity contribution is 5.88. The van der Waals surface area contributed by atoms with Gasteiger partial charge in [-0.1, -0.05) is 57.2 Å². The fraction of sp³-hybridized carbons (Fsp3) is 0.381. The molecule has 0 radical (unpaired) electrons. The Balaban J connectivity index is 1.81. The van der Waals surface area contributed by atoms with Crippen LogP contribution < -0.4 is 0 Å². The largest absolute Gasteiger partial charge is 0.299 e. The summed E-state index contributed by atoms with van der Waals surface area (Å²) in [5.41, 5.74) is 3.12. The molecule has 1 nitrogen and oxygen atoms in total. The maximum Gasteiger partial charge on any atom is 0.141 e. The highest BCUT2D eigenvalue weighted by atomic mass is 19.1. The topological polar surface area (TPSA) is 17.1 Å². The van der Waals surface area contributed by atoms with Gasteiger partial charge in [-0.25, -0.2) is 4.39 Å². The Bertz CT molecular complexity index is 718. The predicted molar refractivity (Wildman–Crippen MR) is 90.9 cm³/mol. The molecule has 1 saturated carbocycles. The van der Waals surface area contributed by atoms with Crippen LogP contribution in [0.5, 0.6) is 0 Å². The SMILES string of the molecule is CCc1ccc(F)cc1CC(=O)[C@H]1[C@H](c2ccccc2)C1(C)C. The molecule has 0 aliphatic heterocycles. The predicted octanol–water partition coefficient (Wildman–Crippen LogP) is 4.94.